The number of nitrogens with zero attached hydrogens (tertiary/aromatic N) is 1. The van der Waals surface area contributed by atoms with Crippen LogP contribution in [0.2, 0.25) is 0 Å². The molecule has 2 aliphatic rings. The number of hydrogen-bond donors (Lipinski definition) is 0. The van der Waals surface area contributed by atoms with Gasteiger partial charge in [-0.2, -0.15) is 0 Å². The molecule has 0 bridgehead atoms. The van der Waals surface area contributed by atoms with Crippen LogP contribution in [0.4, 0.5) is 5.69 Å². The standard InChI is InChI=1S/C23H23NO5/c1-4-14-8-10-15(11-9-14)24-18-13-29-23(26)21(18)17(12-20(24)25)16-6-5-7-19(27-2)22(16)28-3/h5-11,17H,4,12-13H2,1-3H3/t17-/m1/s1. The molecule has 0 N–H and O–H groups in total. The Hall–Kier alpha value is -3.28. The fraction of sp³-hybridized carbons (Fsp3) is 0.304. The Morgan fingerprint density at radius 1 is 1.07 bits per heavy atom. The van der Waals surface area contributed by atoms with E-state index in [-0.39, 0.29) is 18.9 Å². The average molecular weight is 393 g/mol. The van der Waals surface area contributed by atoms with Crippen LogP contribution in [0.5, 0.6) is 11.5 Å². The lowest BCUT2D eigenvalue weighted by Crippen LogP contribution is -2.37. The third kappa shape index (κ3) is 3.14. The highest BCUT2D eigenvalue weighted by atomic mass is 16.5. The van der Waals surface area contributed by atoms with Gasteiger partial charge in [-0.3, -0.25) is 9.69 Å². The Labute approximate surface area is 169 Å². The third-order valence-corrected chi connectivity index (χ3v) is 5.53. The number of para-hydroxylation sites is 1. The van der Waals surface area contributed by atoms with Crippen LogP contribution < -0.4 is 14.4 Å². The largest absolute Gasteiger partial charge is 0.493 e. The molecule has 0 aromatic heterocycles. The van der Waals surface area contributed by atoms with Crippen molar-refractivity contribution in [1.29, 1.82) is 0 Å². The smallest absolute Gasteiger partial charge is 0.336 e. The van der Waals surface area contributed by atoms with Gasteiger partial charge in [0.15, 0.2) is 11.5 Å². The van der Waals surface area contributed by atoms with Crippen LogP contribution in [-0.2, 0) is 20.7 Å². The summed E-state index contributed by atoms with van der Waals surface area (Å²) < 4.78 is 16.3. The van der Waals surface area contributed by atoms with E-state index in [1.54, 1.807) is 25.2 Å². The van der Waals surface area contributed by atoms with Crippen molar-refractivity contribution in [3.8, 4) is 11.5 Å². The van der Waals surface area contributed by atoms with Gasteiger partial charge in [0.1, 0.15) is 6.61 Å². The Bertz CT molecular complexity index is 993. The van der Waals surface area contributed by atoms with Gasteiger partial charge < -0.3 is 14.2 Å². The van der Waals surface area contributed by atoms with E-state index in [1.165, 1.54) is 5.56 Å². The molecule has 2 aliphatic heterocycles. The van der Waals surface area contributed by atoms with Crippen LogP contribution in [0.3, 0.4) is 0 Å². The van der Waals surface area contributed by atoms with Crippen LogP contribution in [-0.4, -0.2) is 32.7 Å². The molecule has 2 aromatic rings. The van der Waals surface area contributed by atoms with E-state index >= 15 is 0 Å². The quantitative estimate of drug-likeness (QED) is 0.727. The van der Waals surface area contributed by atoms with E-state index in [2.05, 4.69) is 6.92 Å². The monoisotopic (exact) mass is 393 g/mol. The predicted molar refractivity (Wildman–Crippen MR) is 108 cm³/mol. The molecule has 6 heteroatoms. The third-order valence-electron chi connectivity index (χ3n) is 5.53. The van der Waals surface area contributed by atoms with Crippen molar-refractivity contribution in [2.45, 2.75) is 25.7 Å². The summed E-state index contributed by atoms with van der Waals surface area (Å²) in [5.74, 6) is 0.172. The first kappa shape index (κ1) is 19.1. The first-order valence-corrected chi connectivity index (χ1v) is 9.62. The molecular weight excluding hydrogens is 370 g/mol. The molecule has 0 fully saturated rings. The molecule has 6 nitrogen and oxygen atoms in total. The number of amides is 1. The highest BCUT2D eigenvalue weighted by Crippen LogP contribution is 2.46. The van der Waals surface area contributed by atoms with Gasteiger partial charge in [0, 0.05) is 23.6 Å². The van der Waals surface area contributed by atoms with Crippen molar-refractivity contribution < 1.29 is 23.8 Å². The van der Waals surface area contributed by atoms with E-state index in [1.807, 2.05) is 36.4 Å². The van der Waals surface area contributed by atoms with Crippen molar-refractivity contribution in [1.82, 2.24) is 0 Å². The van der Waals surface area contributed by atoms with E-state index in [0.717, 1.165) is 17.7 Å². The number of carbonyl (C=O) groups excluding carboxylic acids is 2. The van der Waals surface area contributed by atoms with Crippen LogP contribution in [0.15, 0.2) is 53.7 Å². The van der Waals surface area contributed by atoms with Gasteiger partial charge in [-0.05, 0) is 30.2 Å². The van der Waals surface area contributed by atoms with Gasteiger partial charge in [0.2, 0.25) is 5.91 Å². The molecule has 4 rings (SSSR count). The number of rotatable bonds is 5. The van der Waals surface area contributed by atoms with Gasteiger partial charge in [0.05, 0.1) is 25.5 Å². The number of ether oxygens (including phenoxy) is 3. The van der Waals surface area contributed by atoms with Crippen molar-refractivity contribution in [3.63, 3.8) is 0 Å². The van der Waals surface area contributed by atoms with Crippen molar-refractivity contribution in [2.24, 2.45) is 0 Å². The number of benzene rings is 2. The van der Waals surface area contributed by atoms with Crippen LogP contribution >= 0.6 is 0 Å². The normalized spacial score (nSPS) is 18.6. The lowest BCUT2D eigenvalue weighted by Gasteiger charge is -2.32. The minimum atomic E-state index is -0.441. The Morgan fingerprint density at radius 3 is 2.48 bits per heavy atom. The van der Waals surface area contributed by atoms with Crippen molar-refractivity contribution >= 4 is 17.6 Å². The fourth-order valence-corrected chi connectivity index (χ4v) is 4.09. The summed E-state index contributed by atoms with van der Waals surface area (Å²) in [4.78, 5) is 27.4. The number of anilines is 1. The number of esters is 1. The summed E-state index contributed by atoms with van der Waals surface area (Å²) in [6.07, 6.45) is 1.06. The zero-order valence-electron chi connectivity index (χ0n) is 16.7. The fourth-order valence-electron chi connectivity index (χ4n) is 4.09. The zero-order valence-corrected chi connectivity index (χ0v) is 16.7. The van der Waals surface area contributed by atoms with Crippen LogP contribution in [0.1, 0.15) is 30.4 Å². The van der Waals surface area contributed by atoms with Crippen LogP contribution in [0.25, 0.3) is 0 Å². The van der Waals surface area contributed by atoms with Gasteiger partial charge in [0.25, 0.3) is 0 Å². The summed E-state index contributed by atoms with van der Waals surface area (Å²) in [5, 5.41) is 0. The molecule has 0 radical (unpaired) electrons. The van der Waals surface area contributed by atoms with Gasteiger partial charge in [-0.25, -0.2) is 4.79 Å². The Balaban J connectivity index is 1.83. The minimum Gasteiger partial charge on any atom is -0.493 e. The molecule has 0 saturated heterocycles. The molecule has 0 aliphatic carbocycles. The van der Waals surface area contributed by atoms with Crippen molar-refractivity contribution in [2.75, 3.05) is 25.7 Å². The lowest BCUT2D eigenvalue weighted by atomic mass is 9.83. The second kappa shape index (κ2) is 7.62. The van der Waals surface area contributed by atoms with E-state index in [9.17, 15) is 9.59 Å². The second-order valence-corrected chi connectivity index (χ2v) is 7.03. The topological polar surface area (TPSA) is 65.1 Å². The lowest BCUT2D eigenvalue weighted by molar-refractivity contribution is -0.136. The summed E-state index contributed by atoms with van der Waals surface area (Å²) in [5.41, 5.74) is 3.79. The second-order valence-electron chi connectivity index (χ2n) is 7.03. The average Bonchev–Trinajstić information content (AvgIpc) is 3.14. The summed E-state index contributed by atoms with van der Waals surface area (Å²) in [6, 6.07) is 13.3. The molecular formula is C23H23NO5. The summed E-state index contributed by atoms with van der Waals surface area (Å²) in [6.45, 7) is 2.16. The summed E-state index contributed by atoms with van der Waals surface area (Å²) in [7, 11) is 3.11. The number of cyclic esters (lactones) is 1. The summed E-state index contributed by atoms with van der Waals surface area (Å²) >= 11 is 0. The molecule has 2 aromatic carbocycles. The molecule has 2 heterocycles. The first-order valence-electron chi connectivity index (χ1n) is 9.62. The molecule has 0 unspecified atom stereocenters. The number of carbonyl (C=O) groups is 2. The van der Waals surface area contributed by atoms with E-state index < -0.39 is 11.9 Å². The molecule has 1 amide bonds. The Kier molecular flexibility index (Phi) is 5.01. The maximum Gasteiger partial charge on any atom is 0.336 e. The highest BCUT2D eigenvalue weighted by Gasteiger charge is 2.44. The predicted octanol–water partition coefficient (Wildman–Crippen LogP) is 3.60. The van der Waals surface area contributed by atoms with E-state index in [4.69, 9.17) is 14.2 Å². The van der Waals surface area contributed by atoms with Gasteiger partial charge in [-0.15, -0.1) is 0 Å². The Morgan fingerprint density at radius 2 is 1.83 bits per heavy atom. The van der Waals surface area contributed by atoms with Gasteiger partial charge in [-0.1, -0.05) is 31.2 Å². The number of hydrogen-bond acceptors (Lipinski definition) is 5. The molecule has 150 valence electrons. The minimum absolute atomic E-state index is 0.0816. The van der Waals surface area contributed by atoms with Crippen LogP contribution in [0, 0.1) is 0 Å². The maximum absolute atomic E-state index is 13.2. The molecule has 1 atom stereocenters. The van der Waals surface area contributed by atoms with Gasteiger partial charge >= 0.3 is 5.97 Å². The van der Waals surface area contributed by atoms with Crippen molar-refractivity contribution in [3.05, 3.63) is 64.9 Å². The molecule has 0 saturated carbocycles. The number of methoxy groups -OCH3 is 2. The number of aryl methyl sites for hydroxylation is 1. The molecule has 0 spiro atoms. The van der Waals surface area contributed by atoms with E-state index in [0.29, 0.717) is 22.8 Å². The molecule has 29 heavy (non-hydrogen) atoms. The SMILES string of the molecule is CCc1ccc(N2C(=O)C[C@H](c3cccc(OC)c3OC)C3=C2COC3=O)cc1. The highest BCUT2D eigenvalue weighted by molar-refractivity contribution is 6.06. The maximum atomic E-state index is 13.2. The first-order chi connectivity index (χ1) is 14.1. The zero-order chi connectivity index (χ0) is 20.5.